The first-order chi connectivity index (χ1) is 9.85. The van der Waals surface area contributed by atoms with Gasteiger partial charge in [0.05, 0.1) is 19.3 Å². The Morgan fingerprint density at radius 3 is 2.71 bits per heavy atom. The Bertz CT molecular complexity index is 462. The van der Waals surface area contributed by atoms with Crippen LogP contribution in [0.2, 0.25) is 0 Å². The third-order valence-electron chi connectivity index (χ3n) is 3.53. The number of carbonyl (C=O) groups excluding carboxylic acids is 1. The second-order valence-corrected chi connectivity index (χ2v) is 5.19. The van der Waals surface area contributed by atoms with Crippen molar-refractivity contribution in [2.45, 2.75) is 32.1 Å². The van der Waals surface area contributed by atoms with Gasteiger partial charge in [0, 0.05) is 38.3 Å². The number of amides is 1. The molecule has 1 fully saturated rings. The Hall–Kier alpha value is -1.64. The van der Waals surface area contributed by atoms with Gasteiger partial charge in [-0.05, 0) is 6.92 Å². The van der Waals surface area contributed by atoms with E-state index >= 15 is 0 Å². The number of hydrogen-bond donors (Lipinski definition) is 0. The van der Waals surface area contributed by atoms with Crippen LogP contribution in [0.25, 0.3) is 0 Å². The molecule has 1 aromatic rings. The molecule has 2 heterocycles. The number of carbonyl (C=O) groups is 1. The van der Waals surface area contributed by atoms with E-state index in [1.807, 2.05) is 0 Å². The summed E-state index contributed by atoms with van der Waals surface area (Å²) in [7, 11) is 0. The maximum absolute atomic E-state index is 12.4. The van der Waals surface area contributed by atoms with Crippen LogP contribution in [0.1, 0.15) is 13.3 Å². The molecule has 1 aromatic heterocycles. The summed E-state index contributed by atoms with van der Waals surface area (Å²) in [4.78, 5) is 15.0. The molecular weight excluding hydrogens is 287 g/mol. The number of aryl methyl sites for hydroxylation is 1. The number of nitrogens with zero attached hydrogens (tertiary/aromatic N) is 5. The van der Waals surface area contributed by atoms with Crippen LogP contribution >= 0.6 is 0 Å². The van der Waals surface area contributed by atoms with E-state index < -0.39 is 12.7 Å². The topological polar surface area (TPSA) is 54.3 Å². The Morgan fingerprint density at radius 1 is 1.38 bits per heavy atom. The molecule has 0 N–H and O–H groups in total. The van der Waals surface area contributed by atoms with E-state index in [2.05, 4.69) is 10.3 Å². The van der Waals surface area contributed by atoms with Crippen molar-refractivity contribution in [1.82, 2.24) is 24.8 Å². The van der Waals surface area contributed by atoms with E-state index in [0.29, 0.717) is 19.6 Å². The van der Waals surface area contributed by atoms with Gasteiger partial charge in [0.15, 0.2) is 0 Å². The predicted molar refractivity (Wildman–Crippen MR) is 68.3 cm³/mol. The van der Waals surface area contributed by atoms with Gasteiger partial charge in [0.1, 0.15) is 0 Å². The smallest absolute Gasteiger partial charge is 0.340 e. The average molecular weight is 305 g/mol. The summed E-state index contributed by atoms with van der Waals surface area (Å²) in [6.45, 7) is 2.12. The highest BCUT2D eigenvalue weighted by molar-refractivity contribution is 5.76. The number of rotatable bonds is 4. The molecule has 1 aliphatic heterocycles. The van der Waals surface area contributed by atoms with Gasteiger partial charge in [0.25, 0.3) is 0 Å². The number of hydrogen-bond acceptors (Lipinski definition) is 4. The van der Waals surface area contributed by atoms with Gasteiger partial charge in [-0.3, -0.25) is 14.4 Å². The van der Waals surface area contributed by atoms with Crippen LogP contribution in [-0.4, -0.2) is 69.1 Å². The van der Waals surface area contributed by atoms with Gasteiger partial charge in [-0.25, -0.2) is 0 Å². The Labute approximate surface area is 120 Å². The monoisotopic (exact) mass is 305 g/mol. The van der Waals surface area contributed by atoms with Crippen molar-refractivity contribution in [1.29, 1.82) is 0 Å². The summed E-state index contributed by atoms with van der Waals surface area (Å²) in [6, 6.07) is -0.296. The zero-order chi connectivity index (χ0) is 15.5. The van der Waals surface area contributed by atoms with Crippen LogP contribution < -0.4 is 0 Å². The van der Waals surface area contributed by atoms with Gasteiger partial charge >= 0.3 is 6.18 Å². The molecule has 6 nitrogen and oxygen atoms in total. The average Bonchev–Trinajstić information content (AvgIpc) is 2.90. The lowest BCUT2D eigenvalue weighted by Crippen LogP contribution is -2.55. The largest absolute Gasteiger partial charge is 0.401 e. The summed E-state index contributed by atoms with van der Waals surface area (Å²) in [5.41, 5.74) is 0. The lowest BCUT2D eigenvalue weighted by molar-refractivity contribution is -0.157. The Morgan fingerprint density at radius 2 is 2.14 bits per heavy atom. The Kier molecular flexibility index (Phi) is 4.81. The van der Waals surface area contributed by atoms with E-state index in [9.17, 15) is 18.0 Å². The van der Waals surface area contributed by atoms with Gasteiger partial charge in [-0.1, -0.05) is 5.21 Å². The minimum absolute atomic E-state index is 0.0657. The molecule has 0 aliphatic carbocycles. The van der Waals surface area contributed by atoms with E-state index in [1.165, 1.54) is 11.1 Å². The first-order valence-corrected chi connectivity index (χ1v) is 6.78. The van der Waals surface area contributed by atoms with Gasteiger partial charge in [-0.2, -0.15) is 13.2 Å². The van der Waals surface area contributed by atoms with Crippen molar-refractivity contribution in [3.8, 4) is 0 Å². The maximum Gasteiger partial charge on any atom is 0.401 e. The minimum Gasteiger partial charge on any atom is -0.340 e. The highest BCUT2D eigenvalue weighted by Crippen LogP contribution is 2.20. The fourth-order valence-corrected chi connectivity index (χ4v) is 2.41. The molecule has 0 bridgehead atoms. The second kappa shape index (κ2) is 6.42. The number of halogens is 3. The van der Waals surface area contributed by atoms with Crippen LogP contribution in [-0.2, 0) is 11.3 Å². The number of aromatic nitrogens is 3. The molecule has 0 radical (unpaired) electrons. The zero-order valence-corrected chi connectivity index (χ0v) is 11.8. The van der Waals surface area contributed by atoms with Crippen LogP contribution in [0, 0.1) is 0 Å². The molecule has 1 atom stereocenters. The van der Waals surface area contributed by atoms with Crippen molar-refractivity contribution in [2.24, 2.45) is 0 Å². The first-order valence-electron chi connectivity index (χ1n) is 6.78. The molecular formula is C12H18F3N5O. The molecule has 0 saturated carbocycles. The van der Waals surface area contributed by atoms with E-state index in [-0.39, 0.29) is 24.9 Å². The van der Waals surface area contributed by atoms with Crippen molar-refractivity contribution in [3.63, 3.8) is 0 Å². The van der Waals surface area contributed by atoms with Gasteiger partial charge in [0.2, 0.25) is 5.91 Å². The first kappa shape index (κ1) is 15.7. The highest BCUT2D eigenvalue weighted by atomic mass is 19.4. The molecule has 118 valence electrons. The molecule has 2 rings (SSSR count). The second-order valence-electron chi connectivity index (χ2n) is 5.19. The maximum atomic E-state index is 12.4. The molecule has 1 saturated heterocycles. The normalized spacial score (nSPS) is 20.8. The van der Waals surface area contributed by atoms with Crippen LogP contribution in [0.15, 0.2) is 12.4 Å². The molecule has 0 aromatic carbocycles. The van der Waals surface area contributed by atoms with Crippen molar-refractivity contribution < 1.29 is 18.0 Å². The van der Waals surface area contributed by atoms with Gasteiger partial charge in [-0.15, -0.1) is 5.10 Å². The quantitative estimate of drug-likeness (QED) is 0.824. The fourth-order valence-electron chi connectivity index (χ4n) is 2.41. The summed E-state index contributed by atoms with van der Waals surface area (Å²) < 4.78 is 38.8. The summed E-state index contributed by atoms with van der Waals surface area (Å²) in [5, 5.41) is 7.41. The lowest BCUT2D eigenvalue weighted by Gasteiger charge is -2.40. The van der Waals surface area contributed by atoms with Crippen LogP contribution in [0.4, 0.5) is 13.2 Å². The summed E-state index contributed by atoms with van der Waals surface area (Å²) in [5.74, 6) is -0.0657. The van der Waals surface area contributed by atoms with E-state index in [4.69, 9.17) is 0 Å². The van der Waals surface area contributed by atoms with Gasteiger partial charge < -0.3 is 4.90 Å². The summed E-state index contributed by atoms with van der Waals surface area (Å²) >= 11 is 0. The van der Waals surface area contributed by atoms with E-state index in [1.54, 1.807) is 22.7 Å². The molecule has 0 spiro atoms. The molecule has 1 aliphatic rings. The SMILES string of the molecule is CC1CN(C(=O)CCn2ccnn2)CCN1CC(F)(F)F. The fraction of sp³-hybridized carbons (Fsp3) is 0.750. The number of alkyl halides is 3. The molecule has 21 heavy (non-hydrogen) atoms. The van der Waals surface area contributed by atoms with Crippen molar-refractivity contribution >= 4 is 5.91 Å². The summed E-state index contributed by atoms with van der Waals surface area (Å²) in [6.07, 6.45) is -0.734. The lowest BCUT2D eigenvalue weighted by atomic mass is 10.1. The van der Waals surface area contributed by atoms with Crippen molar-refractivity contribution in [2.75, 3.05) is 26.2 Å². The highest BCUT2D eigenvalue weighted by Gasteiger charge is 2.35. The predicted octanol–water partition coefficient (Wildman–Crippen LogP) is 0.763. The van der Waals surface area contributed by atoms with Crippen LogP contribution in [0.5, 0.6) is 0 Å². The molecule has 1 amide bonds. The van der Waals surface area contributed by atoms with Crippen molar-refractivity contribution in [3.05, 3.63) is 12.4 Å². The zero-order valence-electron chi connectivity index (χ0n) is 11.8. The van der Waals surface area contributed by atoms with E-state index in [0.717, 1.165) is 0 Å². The Balaban J connectivity index is 1.80. The minimum atomic E-state index is -4.20. The number of piperazine rings is 1. The molecule has 9 heteroatoms. The third-order valence-corrected chi connectivity index (χ3v) is 3.53. The third kappa shape index (κ3) is 4.69. The standard InChI is InChI=1S/C12H18F3N5O/c1-10-8-18(6-7-19(10)9-12(13,14)15)11(21)2-4-20-5-3-16-17-20/h3,5,10H,2,4,6-9H2,1H3. The van der Waals surface area contributed by atoms with Crippen LogP contribution in [0.3, 0.4) is 0 Å². The molecule has 1 unspecified atom stereocenters.